The van der Waals surface area contributed by atoms with Gasteiger partial charge < -0.3 is 0 Å². The Labute approximate surface area is 99.8 Å². The van der Waals surface area contributed by atoms with E-state index in [-0.39, 0.29) is 0 Å². The highest BCUT2D eigenvalue weighted by atomic mass is 35.5. The van der Waals surface area contributed by atoms with E-state index in [1.54, 1.807) is 0 Å². The van der Waals surface area contributed by atoms with Crippen LogP contribution in [0.2, 0.25) is 0 Å². The monoisotopic (exact) mass is 228 g/mol. The molecule has 2 aliphatic rings. The molecule has 0 aromatic heterocycles. The summed E-state index contributed by atoms with van der Waals surface area (Å²) < 4.78 is 0. The van der Waals surface area contributed by atoms with Crippen molar-refractivity contribution in [3.05, 3.63) is 0 Å². The molecule has 0 spiro atoms. The number of hydrogen-bond acceptors (Lipinski definition) is 0. The van der Waals surface area contributed by atoms with Gasteiger partial charge in [-0.15, -0.1) is 11.6 Å². The molecule has 2 fully saturated rings. The average molecular weight is 229 g/mol. The van der Waals surface area contributed by atoms with E-state index >= 15 is 0 Å². The zero-order valence-electron chi connectivity index (χ0n) is 10.1. The van der Waals surface area contributed by atoms with Crippen LogP contribution in [0.25, 0.3) is 0 Å². The van der Waals surface area contributed by atoms with Gasteiger partial charge >= 0.3 is 0 Å². The van der Waals surface area contributed by atoms with Crippen LogP contribution >= 0.6 is 11.6 Å². The van der Waals surface area contributed by atoms with E-state index in [1.807, 2.05) is 0 Å². The van der Waals surface area contributed by atoms with Gasteiger partial charge in [-0.3, -0.25) is 0 Å². The second-order valence-corrected chi connectivity index (χ2v) is 6.81. The maximum Gasteiger partial charge on any atom is 0.0341 e. The number of rotatable bonds is 3. The van der Waals surface area contributed by atoms with Crippen molar-refractivity contribution in [2.24, 2.45) is 11.3 Å². The smallest absolute Gasteiger partial charge is 0.0341 e. The molecule has 2 unspecified atom stereocenters. The first-order valence-corrected chi connectivity index (χ1v) is 7.26. The third-order valence-electron chi connectivity index (χ3n) is 4.66. The molecule has 2 saturated carbocycles. The topological polar surface area (TPSA) is 0 Å². The fourth-order valence-corrected chi connectivity index (χ4v) is 3.98. The predicted octanol–water partition coefficient (Wildman–Crippen LogP) is 5.14. The van der Waals surface area contributed by atoms with Gasteiger partial charge in [-0.1, -0.05) is 39.0 Å². The molecular weight excluding hydrogens is 204 g/mol. The van der Waals surface area contributed by atoms with E-state index < -0.39 is 0 Å². The maximum atomic E-state index is 6.22. The fourth-order valence-electron chi connectivity index (χ4n) is 3.50. The fraction of sp³-hybridized carbons (Fsp3) is 1.00. The summed E-state index contributed by atoms with van der Waals surface area (Å²) >= 11 is 6.22. The molecular formula is C14H25Cl. The van der Waals surface area contributed by atoms with E-state index in [4.69, 9.17) is 11.6 Å². The summed E-state index contributed by atoms with van der Waals surface area (Å²) in [4.78, 5) is 0. The molecule has 0 aromatic rings. The SMILES string of the molecule is CC1(CCC2CCCCC2)CCC(Cl)C1. The molecule has 88 valence electrons. The Kier molecular flexibility index (Phi) is 3.98. The predicted molar refractivity (Wildman–Crippen MR) is 67.4 cm³/mol. The van der Waals surface area contributed by atoms with E-state index in [9.17, 15) is 0 Å². The van der Waals surface area contributed by atoms with Crippen LogP contribution in [0.5, 0.6) is 0 Å². The molecule has 0 aromatic carbocycles. The van der Waals surface area contributed by atoms with Crippen molar-refractivity contribution in [3.63, 3.8) is 0 Å². The van der Waals surface area contributed by atoms with Crippen molar-refractivity contribution in [1.29, 1.82) is 0 Å². The van der Waals surface area contributed by atoms with Crippen LogP contribution < -0.4 is 0 Å². The van der Waals surface area contributed by atoms with Crippen LogP contribution in [0.15, 0.2) is 0 Å². The quantitative estimate of drug-likeness (QED) is 0.587. The summed E-state index contributed by atoms with van der Waals surface area (Å²) in [6, 6.07) is 0. The summed E-state index contributed by atoms with van der Waals surface area (Å²) in [6.07, 6.45) is 14.2. The van der Waals surface area contributed by atoms with Crippen LogP contribution in [0.1, 0.15) is 71.1 Å². The van der Waals surface area contributed by atoms with Gasteiger partial charge in [0.15, 0.2) is 0 Å². The van der Waals surface area contributed by atoms with Crippen molar-refractivity contribution in [1.82, 2.24) is 0 Å². The lowest BCUT2D eigenvalue weighted by Gasteiger charge is -2.28. The van der Waals surface area contributed by atoms with E-state index in [2.05, 4.69) is 6.92 Å². The Morgan fingerprint density at radius 3 is 2.47 bits per heavy atom. The van der Waals surface area contributed by atoms with E-state index in [0.717, 1.165) is 5.92 Å². The van der Waals surface area contributed by atoms with Gasteiger partial charge in [0.05, 0.1) is 0 Å². The van der Waals surface area contributed by atoms with Gasteiger partial charge in [0, 0.05) is 5.38 Å². The number of hydrogen-bond donors (Lipinski definition) is 0. The van der Waals surface area contributed by atoms with Crippen LogP contribution in [0.4, 0.5) is 0 Å². The second-order valence-electron chi connectivity index (χ2n) is 6.19. The lowest BCUT2D eigenvalue weighted by Crippen LogP contribution is -2.15. The normalized spacial score (nSPS) is 38.4. The summed E-state index contributed by atoms with van der Waals surface area (Å²) in [6.45, 7) is 2.46. The Balaban J connectivity index is 1.72. The zero-order valence-corrected chi connectivity index (χ0v) is 10.9. The Hall–Kier alpha value is 0.290. The van der Waals surface area contributed by atoms with Crippen molar-refractivity contribution >= 4 is 11.6 Å². The minimum Gasteiger partial charge on any atom is -0.123 e. The molecule has 0 amide bonds. The van der Waals surface area contributed by atoms with Crippen LogP contribution in [0, 0.1) is 11.3 Å². The Bertz CT molecular complexity index is 196. The molecule has 15 heavy (non-hydrogen) atoms. The van der Waals surface area contributed by atoms with Crippen molar-refractivity contribution in [2.75, 3.05) is 0 Å². The zero-order chi connectivity index (χ0) is 10.7. The van der Waals surface area contributed by atoms with Gasteiger partial charge in [-0.05, 0) is 43.4 Å². The molecule has 0 radical (unpaired) electrons. The van der Waals surface area contributed by atoms with Crippen molar-refractivity contribution in [2.45, 2.75) is 76.5 Å². The molecule has 2 aliphatic carbocycles. The first kappa shape index (κ1) is 11.8. The first-order valence-electron chi connectivity index (χ1n) is 6.82. The third-order valence-corrected chi connectivity index (χ3v) is 5.03. The lowest BCUT2D eigenvalue weighted by molar-refractivity contribution is 0.244. The summed E-state index contributed by atoms with van der Waals surface area (Å²) in [5.41, 5.74) is 0.587. The minimum absolute atomic E-state index is 0.473. The average Bonchev–Trinajstić information content (AvgIpc) is 2.58. The van der Waals surface area contributed by atoms with Gasteiger partial charge in [0.1, 0.15) is 0 Å². The molecule has 2 atom stereocenters. The van der Waals surface area contributed by atoms with Crippen LogP contribution in [0.3, 0.4) is 0 Å². The van der Waals surface area contributed by atoms with Gasteiger partial charge in [-0.2, -0.15) is 0 Å². The molecule has 0 heterocycles. The molecule has 0 bridgehead atoms. The highest BCUT2D eigenvalue weighted by Crippen LogP contribution is 2.45. The van der Waals surface area contributed by atoms with Gasteiger partial charge in [0.2, 0.25) is 0 Å². The Morgan fingerprint density at radius 1 is 1.13 bits per heavy atom. The molecule has 1 heteroatoms. The number of halogens is 1. The molecule has 0 aliphatic heterocycles. The van der Waals surface area contributed by atoms with Gasteiger partial charge in [-0.25, -0.2) is 0 Å². The lowest BCUT2D eigenvalue weighted by atomic mass is 9.78. The first-order chi connectivity index (χ1) is 7.18. The molecule has 0 N–H and O–H groups in total. The van der Waals surface area contributed by atoms with Crippen LogP contribution in [-0.2, 0) is 0 Å². The highest BCUT2D eigenvalue weighted by Gasteiger charge is 2.34. The van der Waals surface area contributed by atoms with Crippen LogP contribution in [-0.4, -0.2) is 5.38 Å². The number of alkyl halides is 1. The largest absolute Gasteiger partial charge is 0.123 e. The Morgan fingerprint density at radius 2 is 1.87 bits per heavy atom. The summed E-state index contributed by atoms with van der Waals surface area (Å²) in [5.74, 6) is 1.05. The minimum atomic E-state index is 0.473. The molecule has 2 rings (SSSR count). The van der Waals surface area contributed by atoms with E-state index in [1.165, 1.54) is 64.2 Å². The summed E-state index contributed by atoms with van der Waals surface area (Å²) in [5, 5.41) is 0.473. The maximum absolute atomic E-state index is 6.22. The van der Waals surface area contributed by atoms with Crippen molar-refractivity contribution in [3.8, 4) is 0 Å². The third kappa shape index (κ3) is 3.37. The van der Waals surface area contributed by atoms with Crippen molar-refractivity contribution < 1.29 is 0 Å². The summed E-state index contributed by atoms with van der Waals surface area (Å²) in [7, 11) is 0. The molecule has 0 nitrogen and oxygen atoms in total. The van der Waals surface area contributed by atoms with Gasteiger partial charge in [0.25, 0.3) is 0 Å². The van der Waals surface area contributed by atoms with E-state index in [0.29, 0.717) is 10.8 Å². The highest BCUT2D eigenvalue weighted by molar-refractivity contribution is 6.20. The standard InChI is InChI=1S/C14H25Cl/c1-14(10-8-13(15)11-14)9-7-12-5-3-2-4-6-12/h12-13H,2-11H2,1H3. The second kappa shape index (κ2) is 5.08. The molecule has 0 saturated heterocycles.